The molecule has 0 spiro atoms. The van der Waals surface area contributed by atoms with Gasteiger partial charge in [0.05, 0.1) is 23.9 Å². The Kier molecular flexibility index (Phi) is 7.20. The van der Waals surface area contributed by atoms with Gasteiger partial charge in [-0.3, -0.25) is 14.2 Å². The summed E-state index contributed by atoms with van der Waals surface area (Å²) in [6.45, 7) is 0.568. The summed E-state index contributed by atoms with van der Waals surface area (Å²) in [6.07, 6.45) is 4.95. The van der Waals surface area contributed by atoms with E-state index < -0.39 is 0 Å². The van der Waals surface area contributed by atoms with Gasteiger partial charge in [0.1, 0.15) is 10.6 Å². The highest BCUT2D eigenvalue weighted by molar-refractivity contribution is 7.99. The fourth-order valence-electron chi connectivity index (χ4n) is 4.41. The zero-order chi connectivity index (χ0) is 24.2. The fraction of sp³-hybridized carbons (Fsp3) is 0.296. The standard InChI is InChI=1S/C27H27N3O3S2/c1-33-20-13-11-19(12-14-20)30-26(32)24-21-9-5-6-10-22(21)35-25(24)29-27(30)34-17-23(31)28-16-15-18-7-3-2-4-8-18/h2-4,7-8,11-14H,5-6,9-10,15-17H2,1H3,(H,28,31). The van der Waals surface area contributed by atoms with Crippen molar-refractivity contribution in [3.63, 3.8) is 0 Å². The molecule has 2 heterocycles. The van der Waals surface area contributed by atoms with Crippen LogP contribution in [0.4, 0.5) is 0 Å². The molecule has 0 atom stereocenters. The number of methoxy groups -OCH3 is 1. The predicted molar refractivity (Wildman–Crippen MR) is 142 cm³/mol. The minimum Gasteiger partial charge on any atom is -0.497 e. The summed E-state index contributed by atoms with van der Waals surface area (Å²) in [4.78, 5) is 33.3. The summed E-state index contributed by atoms with van der Waals surface area (Å²) in [5.41, 5.74) is 2.99. The number of thioether (sulfide) groups is 1. The summed E-state index contributed by atoms with van der Waals surface area (Å²) in [6, 6.07) is 17.5. The second-order valence-electron chi connectivity index (χ2n) is 8.50. The smallest absolute Gasteiger partial charge is 0.267 e. The van der Waals surface area contributed by atoms with Crippen LogP contribution in [0.3, 0.4) is 0 Å². The molecule has 0 saturated carbocycles. The molecule has 2 aromatic heterocycles. The van der Waals surface area contributed by atoms with Gasteiger partial charge in [-0.05, 0) is 67.5 Å². The second kappa shape index (κ2) is 10.7. The van der Waals surface area contributed by atoms with Gasteiger partial charge in [-0.25, -0.2) is 4.98 Å². The number of amides is 1. The summed E-state index contributed by atoms with van der Waals surface area (Å²) in [5, 5.41) is 4.24. The number of aryl methyl sites for hydroxylation is 2. The van der Waals surface area contributed by atoms with Gasteiger partial charge in [0.25, 0.3) is 5.56 Å². The van der Waals surface area contributed by atoms with Crippen molar-refractivity contribution in [1.82, 2.24) is 14.9 Å². The first kappa shape index (κ1) is 23.6. The summed E-state index contributed by atoms with van der Waals surface area (Å²) < 4.78 is 6.93. The van der Waals surface area contributed by atoms with Crippen molar-refractivity contribution < 1.29 is 9.53 Å². The molecule has 0 fully saturated rings. The highest BCUT2D eigenvalue weighted by atomic mass is 32.2. The number of nitrogens with zero attached hydrogens (tertiary/aromatic N) is 2. The van der Waals surface area contributed by atoms with Crippen molar-refractivity contribution in [3.8, 4) is 11.4 Å². The van der Waals surface area contributed by atoms with Crippen molar-refractivity contribution in [3.05, 3.63) is 81.0 Å². The van der Waals surface area contributed by atoms with Crippen molar-refractivity contribution in [2.45, 2.75) is 37.3 Å². The number of fused-ring (bicyclic) bond motifs is 3. The lowest BCUT2D eigenvalue weighted by Gasteiger charge is -2.14. The summed E-state index contributed by atoms with van der Waals surface area (Å²) in [7, 11) is 1.62. The number of hydrogen-bond acceptors (Lipinski definition) is 6. The van der Waals surface area contributed by atoms with Crippen molar-refractivity contribution in [1.29, 1.82) is 0 Å². The Hall–Kier alpha value is -3.10. The molecule has 1 amide bonds. The highest BCUT2D eigenvalue weighted by Crippen LogP contribution is 2.35. The first-order valence-electron chi connectivity index (χ1n) is 11.8. The average Bonchev–Trinajstić information content (AvgIpc) is 3.27. The van der Waals surface area contributed by atoms with Crippen LogP contribution in [-0.2, 0) is 24.1 Å². The van der Waals surface area contributed by atoms with E-state index in [1.165, 1.54) is 22.2 Å². The quantitative estimate of drug-likeness (QED) is 0.275. The molecule has 5 rings (SSSR count). The Bertz CT molecular complexity index is 1400. The number of thiophene rings is 1. The van der Waals surface area contributed by atoms with Gasteiger partial charge in [-0.15, -0.1) is 11.3 Å². The Morgan fingerprint density at radius 1 is 1.11 bits per heavy atom. The predicted octanol–water partition coefficient (Wildman–Crippen LogP) is 4.79. The molecule has 0 saturated heterocycles. The third-order valence-corrected chi connectivity index (χ3v) is 8.32. The molecular formula is C27H27N3O3S2. The van der Waals surface area contributed by atoms with Crippen molar-refractivity contribution >= 4 is 39.2 Å². The van der Waals surface area contributed by atoms with E-state index in [2.05, 4.69) is 5.32 Å². The van der Waals surface area contributed by atoms with Crippen molar-refractivity contribution in [2.75, 3.05) is 19.4 Å². The Morgan fingerprint density at radius 3 is 2.66 bits per heavy atom. The average molecular weight is 506 g/mol. The van der Waals surface area contributed by atoms with Crippen LogP contribution in [0.1, 0.15) is 28.8 Å². The third-order valence-electron chi connectivity index (χ3n) is 6.20. The Labute approximate surface area is 212 Å². The number of nitrogens with one attached hydrogen (secondary N) is 1. The van der Waals surface area contributed by atoms with Crippen LogP contribution in [0, 0.1) is 0 Å². The van der Waals surface area contributed by atoms with E-state index >= 15 is 0 Å². The van der Waals surface area contributed by atoms with E-state index in [1.54, 1.807) is 23.0 Å². The molecule has 2 aromatic carbocycles. The SMILES string of the molecule is COc1ccc(-n2c(SCC(=O)NCCc3ccccc3)nc3sc4c(c3c2=O)CCCC4)cc1. The molecule has 6 nitrogen and oxygen atoms in total. The lowest BCUT2D eigenvalue weighted by Crippen LogP contribution is -2.28. The number of rotatable bonds is 8. The molecule has 0 unspecified atom stereocenters. The first-order valence-corrected chi connectivity index (χ1v) is 13.6. The van der Waals surface area contributed by atoms with Crippen LogP contribution in [0.2, 0.25) is 0 Å². The molecule has 35 heavy (non-hydrogen) atoms. The van der Waals surface area contributed by atoms with Gasteiger partial charge in [-0.2, -0.15) is 0 Å². The maximum absolute atomic E-state index is 13.8. The monoisotopic (exact) mass is 505 g/mol. The van der Waals surface area contributed by atoms with Crippen LogP contribution in [-0.4, -0.2) is 34.9 Å². The van der Waals surface area contributed by atoms with Gasteiger partial charge < -0.3 is 10.1 Å². The molecule has 180 valence electrons. The van der Waals surface area contributed by atoms with Crippen molar-refractivity contribution in [2.24, 2.45) is 0 Å². The zero-order valence-corrected chi connectivity index (χ0v) is 21.2. The molecule has 1 N–H and O–H groups in total. The van der Waals surface area contributed by atoms with Gasteiger partial charge in [0.2, 0.25) is 5.91 Å². The van der Waals surface area contributed by atoms with E-state index in [1.807, 2.05) is 54.6 Å². The number of hydrogen-bond donors (Lipinski definition) is 1. The lowest BCUT2D eigenvalue weighted by molar-refractivity contribution is -0.118. The van der Waals surface area contributed by atoms with E-state index in [0.29, 0.717) is 17.4 Å². The second-order valence-corrected chi connectivity index (χ2v) is 10.5. The van der Waals surface area contributed by atoms with Gasteiger partial charge in [0.15, 0.2) is 5.16 Å². The first-order chi connectivity index (χ1) is 17.1. The Balaban J connectivity index is 1.41. The number of benzene rings is 2. The van der Waals surface area contributed by atoms with Crippen LogP contribution in [0.15, 0.2) is 64.5 Å². The van der Waals surface area contributed by atoms with Gasteiger partial charge in [-0.1, -0.05) is 42.1 Å². The van der Waals surface area contributed by atoms with Crippen LogP contribution < -0.4 is 15.6 Å². The van der Waals surface area contributed by atoms with Crippen LogP contribution in [0.25, 0.3) is 15.9 Å². The molecule has 8 heteroatoms. The highest BCUT2D eigenvalue weighted by Gasteiger charge is 2.23. The minimum atomic E-state index is -0.0768. The molecule has 1 aliphatic carbocycles. The molecule has 0 bridgehead atoms. The zero-order valence-electron chi connectivity index (χ0n) is 19.6. The van der Waals surface area contributed by atoms with Crippen LogP contribution >= 0.6 is 23.1 Å². The topological polar surface area (TPSA) is 73.2 Å². The van der Waals surface area contributed by atoms with E-state index in [-0.39, 0.29) is 17.2 Å². The van der Waals surface area contributed by atoms with E-state index in [0.717, 1.165) is 53.6 Å². The number of carbonyl (C=O) groups is 1. The molecule has 1 aliphatic rings. The lowest BCUT2D eigenvalue weighted by atomic mass is 9.97. The molecule has 4 aromatic rings. The largest absolute Gasteiger partial charge is 0.497 e. The van der Waals surface area contributed by atoms with E-state index in [9.17, 15) is 9.59 Å². The third kappa shape index (κ3) is 5.13. The van der Waals surface area contributed by atoms with E-state index in [4.69, 9.17) is 9.72 Å². The summed E-state index contributed by atoms with van der Waals surface area (Å²) >= 11 is 2.92. The molecular weight excluding hydrogens is 478 g/mol. The summed E-state index contributed by atoms with van der Waals surface area (Å²) in [5.74, 6) is 0.830. The Morgan fingerprint density at radius 2 is 1.89 bits per heavy atom. The number of carbonyl (C=O) groups excluding carboxylic acids is 1. The van der Waals surface area contributed by atoms with Crippen LogP contribution in [0.5, 0.6) is 5.75 Å². The fourth-order valence-corrected chi connectivity index (χ4v) is 6.56. The maximum Gasteiger partial charge on any atom is 0.267 e. The van der Waals surface area contributed by atoms with Gasteiger partial charge >= 0.3 is 0 Å². The maximum atomic E-state index is 13.8. The normalized spacial score (nSPS) is 12.9. The number of ether oxygens (including phenoxy) is 1. The number of aromatic nitrogens is 2. The van der Waals surface area contributed by atoms with Gasteiger partial charge in [0, 0.05) is 11.4 Å². The molecule has 0 radical (unpaired) electrons. The minimum absolute atomic E-state index is 0.0634. The molecule has 0 aliphatic heterocycles.